The van der Waals surface area contributed by atoms with E-state index in [1.165, 1.54) is 24.3 Å². The van der Waals surface area contributed by atoms with Gasteiger partial charge in [0.2, 0.25) is 15.9 Å². The molecule has 0 saturated carbocycles. The second kappa shape index (κ2) is 6.50. The molecule has 5 N–H and O–H groups in total. The number of aromatic amines is 1. The minimum Gasteiger partial charge on any atom is -0.369 e. The fraction of sp³-hybridized carbons (Fsp3) is 0.0588. The maximum Gasteiger partial charge on any atom is 0.238 e. The van der Waals surface area contributed by atoms with Crippen LogP contribution in [-0.2, 0) is 14.8 Å². The highest BCUT2D eigenvalue weighted by atomic mass is 32.2. The molecule has 7 nitrogen and oxygen atoms in total. The largest absolute Gasteiger partial charge is 0.369 e. The van der Waals surface area contributed by atoms with Crippen molar-refractivity contribution in [2.24, 2.45) is 10.9 Å². The van der Waals surface area contributed by atoms with Gasteiger partial charge in [0.05, 0.1) is 16.3 Å². The monoisotopic (exact) mass is 356 g/mol. The number of primary sulfonamides is 1. The smallest absolute Gasteiger partial charge is 0.238 e. The molecule has 1 atom stereocenters. The van der Waals surface area contributed by atoms with Crippen molar-refractivity contribution in [3.63, 3.8) is 0 Å². The van der Waals surface area contributed by atoms with Crippen molar-refractivity contribution >= 4 is 15.9 Å². The van der Waals surface area contributed by atoms with Crippen LogP contribution in [0, 0.1) is 0 Å². The first kappa shape index (κ1) is 16.9. The molecule has 25 heavy (non-hydrogen) atoms. The van der Waals surface area contributed by atoms with E-state index in [-0.39, 0.29) is 4.90 Å². The summed E-state index contributed by atoms with van der Waals surface area (Å²) in [7, 11) is -3.80. The third-order valence-corrected chi connectivity index (χ3v) is 4.73. The van der Waals surface area contributed by atoms with E-state index in [9.17, 15) is 13.2 Å². The summed E-state index contributed by atoms with van der Waals surface area (Å²) in [6.45, 7) is 0. The van der Waals surface area contributed by atoms with Crippen molar-refractivity contribution in [1.29, 1.82) is 0 Å². The number of sulfonamides is 1. The molecule has 1 unspecified atom stereocenters. The van der Waals surface area contributed by atoms with E-state index in [1.54, 1.807) is 6.07 Å². The summed E-state index contributed by atoms with van der Waals surface area (Å²) in [5, 5.41) is 12.2. The third-order valence-electron chi connectivity index (χ3n) is 3.80. The Kier molecular flexibility index (Phi) is 4.39. The van der Waals surface area contributed by atoms with E-state index in [1.807, 2.05) is 30.3 Å². The molecule has 0 fully saturated rings. The molecule has 0 bridgehead atoms. The maximum absolute atomic E-state index is 12.0. The van der Waals surface area contributed by atoms with Crippen molar-refractivity contribution < 1.29 is 13.2 Å². The predicted octanol–water partition coefficient (Wildman–Crippen LogP) is 1.34. The lowest BCUT2D eigenvalue weighted by molar-refractivity contribution is -0.118. The number of aromatic nitrogens is 2. The van der Waals surface area contributed by atoms with Gasteiger partial charge in [-0.3, -0.25) is 9.89 Å². The fourth-order valence-corrected chi connectivity index (χ4v) is 3.10. The molecule has 3 aromatic rings. The normalized spacial score (nSPS) is 12.7. The number of nitrogens with zero attached hydrogens (tertiary/aromatic N) is 1. The SMILES string of the molecule is NC(=O)C(c1ccc(S(N)(=O)=O)cc1)c1cc(-c2ccccc2)[nH]n1. The van der Waals surface area contributed by atoms with E-state index >= 15 is 0 Å². The maximum atomic E-state index is 12.0. The Balaban J connectivity index is 1.97. The molecule has 1 heterocycles. The van der Waals surface area contributed by atoms with Crippen LogP contribution in [0.25, 0.3) is 11.3 Å². The molecular formula is C17H16N4O3S. The molecule has 0 aliphatic heterocycles. The Bertz CT molecular complexity index is 996. The molecule has 0 saturated heterocycles. The van der Waals surface area contributed by atoms with Crippen molar-refractivity contribution in [3.8, 4) is 11.3 Å². The van der Waals surface area contributed by atoms with Crippen LogP contribution in [-0.4, -0.2) is 24.5 Å². The van der Waals surface area contributed by atoms with Crippen LogP contribution >= 0.6 is 0 Å². The fourth-order valence-electron chi connectivity index (χ4n) is 2.58. The van der Waals surface area contributed by atoms with Gasteiger partial charge in [0.25, 0.3) is 0 Å². The van der Waals surface area contributed by atoms with Crippen LogP contribution < -0.4 is 10.9 Å². The molecule has 0 aliphatic rings. The lowest BCUT2D eigenvalue weighted by Crippen LogP contribution is -2.23. The second-order valence-electron chi connectivity index (χ2n) is 5.52. The highest BCUT2D eigenvalue weighted by Crippen LogP contribution is 2.27. The van der Waals surface area contributed by atoms with Crippen LogP contribution in [0.5, 0.6) is 0 Å². The van der Waals surface area contributed by atoms with Crippen LogP contribution in [0.4, 0.5) is 0 Å². The van der Waals surface area contributed by atoms with Gasteiger partial charge in [-0.15, -0.1) is 0 Å². The van der Waals surface area contributed by atoms with Crippen molar-refractivity contribution in [1.82, 2.24) is 10.2 Å². The number of nitrogens with two attached hydrogens (primary N) is 2. The minimum absolute atomic E-state index is 0.0357. The van der Waals surface area contributed by atoms with Crippen molar-refractivity contribution in [2.75, 3.05) is 0 Å². The highest BCUT2D eigenvalue weighted by molar-refractivity contribution is 7.89. The summed E-state index contributed by atoms with van der Waals surface area (Å²) in [6.07, 6.45) is 0. The molecule has 2 aromatic carbocycles. The molecule has 128 valence electrons. The molecular weight excluding hydrogens is 340 g/mol. The minimum atomic E-state index is -3.80. The van der Waals surface area contributed by atoms with Crippen molar-refractivity contribution in [3.05, 3.63) is 71.9 Å². The van der Waals surface area contributed by atoms with Gasteiger partial charge in [0, 0.05) is 0 Å². The first-order valence-corrected chi connectivity index (χ1v) is 8.93. The summed E-state index contributed by atoms with van der Waals surface area (Å²) in [5.74, 6) is -1.39. The number of benzene rings is 2. The Hall–Kier alpha value is -2.97. The average molecular weight is 356 g/mol. The Morgan fingerprint density at radius 3 is 2.24 bits per heavy atom. The van der Waals surface area contributed by atoms with Gasteiger partial charge in [-0.1, -0.05) is 42.5 Å². The van der Waals surface area contributed by atoms with Crippen LogP contribution in [0.2, 0.25) is 0 Å². The number of nitrogens with one attached hydrogen (secondary N) is 1. The first-order valence-electron chi connectivity index (χ1n) is 7.39. The van der Waals surface area contributed by atoms with Crippen LogP contribution in [0.15, 0.2) is 65.6 Å². The van der Waals surface area contributed by atoms with Gasteiger partial charge < -0.3 is 5.73 Å². The molecule has 1 amide bonds. The highest BCUT2D eigenvalue weighted by Gasteiger charge is 2.24. The molecule has 0 radical (unpaired) electrons. The molecule has 1 aromatic heterocycles. The molecule has 0 spiro atoms. The number of carbonyl (C=O) groups is 1. The van der Waals surface area contributed by atoms with E-state index in [0.717, 1.165) is 11.3 Å². The summed E-state index contributed by atoms with van der Waals surface area (Å²) in [4.78, 5) is 11.9. The zero-order valence-corrected chi connectivity index (χ0v) is 13.9. The zero-order valence-electron chi connectivity index (χ0n) is 13.1. The number of carbonyl (C=O) groups excluding carboxylic acids is 1. The first-order chi connectivity index (χ1) is 11.9. The number of H-pyrrole nitrogens is 1. The number of amides is 1. The molecule has 3 rings (SSSR count). The summed E-state index contributed by atoms with van der Waals surface area (Å²) < 4.78 is 22.7. The van der Waals surface area contributed by atoms with Crippen LogP contribution in [0.1, 0.15) is 17.2 Å². The van der Waals surface area contributed by atoms with Gasteiger partial charge in [0.1, 0.15) is 5.92 Å². The summed E-state index contributed by atoms with van der Waals surface area (Å²) in [5.41, 5.74) is 8.20. The topological polar surface area (TPSA) is 132 Å². The standard InChI is InChI=1S/C17H16N4O3S/c18-17(22)16(12-6-8-13(9-7-12)25(19,23)24)15-10-14(20-21-15)11-4-2-1-3-5-11/h1-10,16H,(H2,18,22)(H,20,21)(H2,19,23,24). The number of hydrogen-bond acceptors (Lipinski definition) is 4. The average Bonchev–Trinajstić information content (AvgIpc) is 3.05. The van der Waals surface area contributed by atoms with Crippen LogP contribution in [0.3, 0.4) is 0 Å². The summed E-state index contributed by atoms with van der Waals surface area (Å²) in [6, 6.07) is 17.0. The van der Waals surface area contributed by atoms with Gasteiger partial charge in [0.15, 0.2) is 0 Å². The lowest BCUT2D eigenvalue weighted by atomic mass is 9.94. The molecule has 0 aliphatic carbocycles. The van der Waals surface area contributed by atoms with E-state index in [2.05, 4.69) is 10.2 Å². The number of rotatable bonds is 5. The molecule has 8 heteroatoms. The Morgan fingerprint density at radius 2 is 1.68 bits per heavy atom. The second-order valence-corrected chi connectivity index (χ2v) is 7.08. The van der Waals surface area contributed by atoms with Gasteiger partial charge in [-0.2, -0.15) is 5.10 Å². The van der Waals surface area contributed by atoms with E-state index in [4.69, 9.17) is 10.9 Å². The number of hydrogen-bond donors (Lipinski definition) is 3. The van der Waals surface area contributed by atoms with Crippen molar-refractivity contribution in [2.45, 2.75) is 10.8 Å². The Morgan fingerprint density at radius 1 is 1.04 bits per heavy atom. The lowest BCUT2D eigenvalue weighted by Gasteiger charge is -2.11. The van der Waals surface area contributed by atoms with Gasteiger partial charge >= 0.3 is 0 Å². The van der Waals surface area contributed by atoms with E-state index < -0.39 is 21.8 Å². The number of primary amides is 1. The van der Waals surface area contributed by atoms with Gasteiger partial charge in [-0.25, -0.2) is 13.6 Å². The van der Waals surface area contributed by atoms with E-state index in [0.29, 0.717) is 11.3 Å². The zero-order chi connectivity index (χ0) is 18.0. The summed E-state index contributed by atoms with van der Waals surface area (Å²) >= 11 is 0. The quantitative estimate of drug-likeness (QED) is 0.636. The Labute approximate surface area is 144 Å². The third kappa shape index (κ3) is 3.59. The van der Waals surface area contributed by atoms with Gasteiger partial charge in [-0.05, 0) is 29.3 Å². The predicted molar refractivity (Wildman–Crippen MR) is 92.9 cm³/mol.